The zero-order chi connectivity index (χ0) is 37.1. The molecule has 11 rings (SSSR count). The number of fused-ring (bicyclic) bond motifs is 9. The zero-order valence-corrected chi connectivity index (χ0v) is 30.3. The molecule has 56 heavy (non-hydrogen) atoms. The Morgan fingerprint density at radius 1 is 0.304 bits per heavy atom. The van der Waals surface area contributed by atoms with Crippen molar-refractivity contribution in [1.82, 2.24) is 15.0 Å². The summed E-state index contributed by atoms with van der Waals surface area (Å²) in [6, 6.07) is 70.2. The summed E-state index contributed by atoms with van der Waals surface area (Å²) in [6.07, 6.45) is 0. The van der Waals surface area contributed by atoms with Gasteiger partial charge in [0, 0.05) is 27.8 Å². The Hall–Kier alpha value is -7.43. The molecule has 0 atom stereocenters. The third-order valence-electron chi connectivity index (χ3n) is 11.2. The van der Waals surface area contributed by atoms with E-state index in [1.807, 2.05) is 36.4 Å². The molecule has 2 aliphatic rings. The Kier molecular flexibility index (Phi) is 7.36. The SMILES string of the molecule is c1ccc(-c2ccc(-c3cccc4c3-c3cccc(-c5nc(-c6ccccc6)nc(-c6ccccc6)n5)c3C43c4ccccc4Oc4ccccc43)cc2)cc1. The van der Waals surface area contributed by atoms with E-state index in [1.54, 1.807) is 0 Å². The molecule has 1 aromatic heterocycles. The molecule has 0 saturated heterocycles. The average molecular weight is 716 g/mol. The molecule has 0 unspecified atom stereocenters. The average Bonchev–Trinajstić information content (AvgIpc) is 3.58. The number of hydrogen-bond donors (Lipinski definition) is 0. The highest BCUT2D eigenvalue weighted by atomic mass is 16.5. The Balaban J connectivity index is 1.23. The second-order valence-electron chi connectivity index (χ2n) is 14.3. The summed E-state index contributed by atoms with van der Waals surface area (Å²) >= 11 is 0. The maximum Gasteiger partial charge on any atom is 0.164 e. The predicted octanol–water partition coefficient (Wildman–Crippen LogP) is 12.7. The van der Waals surface area contributed by atoms with Crippen LogP contribution >= 0.6 is 0 Å². The zero-order valence-electron chi connectivity index (χ0n) is 30.3. The summed E-state index contributed by atoms with van der Waals surface area (Å²) in [5.41, 5.74) is 13.6. The van der Waals surface area contributed by atoms with Crippen LogP contribution in [0.3, 0.4) is 0 Å². The first kappa shape index (κ1) is 32.0. The van der Waals surface area contributed by atoms with Gasteiger partial charge in [0.1, 0.15) is 11.5 Å². The van der Waals surface area contributed by atoms with Gasteiger partial charge >= 0.3 is 0 Å². The normalized spacial score (nSPS) is 12.9. The number of para-hydroxylation sites is 2. The standard InChI is InChI=1S/C52H33N3O/c1-4-16-34(17-5-1)35-30-32-36(33-31-35)39-22-15-27-44-47(39)40-23-14-24-41(48(40)52(44)42-25-10-12-28-45(42)56-46-29-13-11-26-43(46)52)51-54-49(37-18-6-2-7-19-37)53-50(55-51)38-20-8-3-9-21-38/h1-33H. The molecule has 4 nitrogen and oxygen atoms in total. The molecular formula is C52H33N3O. The second kappa shape index (κ2) is 12.9. The highest BCUT2D eigenvalue weighted by molar-refractivity contribution is 5.99. The number of aromatic nitrogens is 3. The Morgan fingerprint density at radius 3 is 1.34 bits per heavy atom. The number of hydrogen-bond acceptors (Lipinski definition) is 4. The summed E-state index contributed by atoms with van der Waals surface area (Å²) < 4.78 is 6.72. The first-order chi connectivity index (χ1) is 27.8. The van der Waals surface area contributed by atoms with E-state index in [1.165, 1.54) is 27.8 Å². The highest BCUT2D eigenvalue weighted by Gasteiger charge is 2.53. The maximum atomic E-state index is 6.72. The van der Waals surface area contributed by atoms with Crippen molar-refractivity contribution in [1.29, 1.82) is 0 Å². The van der Waals surface area contributed by atoms with E-state index < -0.39 is 5.41 Å². The van der Waals surface area contributed by atoms with Gasteiger partial charge < -0.3 is 4.74 Å². The van der Waals surface area contributed by atoms with Crippen molar-refractivity contribution in [2.45, 2.75) is 5.41 Å². The lowest BCUT2D eigenvalue weighted by Gasteiger charge is -2.40. The monoisotopic (exact) mass is 715 g/mol. The summed E-state index contributed by atoms with van der Waals surface area (Å²) in [5.74, 6) is 3.55. The van der Waals surface area contributed by atoms with Gasteiger partial charge in [0.05, 0.1) is 5.41 Å². The number of nitrogens with zero attached hydrogens (tertiary/aromatic N) is 3. The van der Waals surface area contributed by atoms with Gasteiger partial charge in [0.15, 0.2) is 17.5 Å². The largest absolute Gasteiger partial charge is 0.457 e. The lowest BCUT2D eigenvalue weighted by Crippen LogP contribution is -2.32. The number of benzene rings is 8. The lowest BCUT2D eigenvalue weighted by molar-refractivity contribution is 0.436. The summed E-state index contributed by atoms with van der Waals surface area (Å²) in [7, 11) is 0. The van der Waals surface area contributed by atoms with Crippen molar-refractivity contribution < 1.29 is 4.74 Å². The number of ether oxygens (including phenoxy) is 1. The van der Waals surface area contributed by atoms with Crippen molar-refractivity contribution in [2.24, 2.45) is 0 Å². The minimum atomic E-state index is -0.737. The van der Waals surface area contributed by atoms with E-state index in [0.717, 1.165) is 56.0 Å². The Labute approximate surface area is 325 Å². The van der Waals surface area contributed by atoms with Gasteiger partial charge in [-0.05, 0) is 56.6 Å². The predicted molar refractivity (Wildman–Crippen MR) is 224 cm³/mol. The molecule has 1 spiro atoms. The fourth-order valence-electron chi connectivity index (χ4n) is 8.84. The first-order valence-electron chi connectivity index (χ1n) is 18.9. The van der Waals surface area contributed by atoms with Gasteiger partial charge in [-0.2, -0.15) is 0 Å². The minimum Gasteiger partial charge on any atom is -0.457 e. The fourth-order valence-corrected chi connectivity index (χ4v) is 8.84. The minimum absolute atomic E-state index is 0.622. The van der Waals surface area contributed by atoms with Crippen LogP contribution in [0.1, 0.15) is 22.3 Å². The van der Waals surface area contributed by atoms with Crippen molar-refractivity contribution in [3.63, 3.8) is 0 Å². The van der Waals surface area contributed by atoms with Crippen LogP contribution < -0.4 is 4.74 Å². The van der Waals surface area contributed by atoms with Gasteiger partial charge in [-0.3, -0.25) is 0 Å². The van der Waals surface area contributed by atoms with Crippen molar-refractivity contribution >= 4 is 0 Å². The molecular weight excluding hydrogens is 683 g/mol. The molecule has 1 aliphatic carbocycles. The van der Waals surface area contributed by atoms with E-state index in [9.17, 15) is 0 Å². The molecule has 2 heterocycles. The van der Waals surface area contributed by atoms with Crippen LogP contribution in [0, 0.1) is 0 Å². The third-order valence-corrected chi connectivity index (χ3v) is 11.2. The first-order valence-corrected chi connectivity index (χ1v) is 18.9. The molecule has 0 bridgehead atoms. The quantitative estimate of drug-likeness (QED) is 0.178. The smallest absolute Gasteiger partial charge is 0.164 e. The molecule has 9 aromatic rings. The van der Waals surface area contributed by atoms with Crippen LogP contribution in [0.25, 0.3) is 67.5 Å². The molecule has 8 aromatic carbocycles. The van der Waals surface area contributed by atoms with E-state index in [4.69, 9.17) is 19.7 Å². The van der Waals surface area contributed by atoms with E-state index in [0.29, 0.717) is 17.5 Å². The molecule has 0 fully saturated rings. The van der Waals surface area contributed by atoms with Crippen LogP contribution in [0.4, 0.5) is 0 Å². The fraction of sp³-hybridized carbons (Fsp3) is 0.0192. The summed E-state index contributed by atoms with van der Waals surface area (Å²) in [6.45, 7) is 0. The van der Waals surface area contributed by atoms with Gasteiger partial charge in [-0.1, -0.05) is 188 Å². The van der Waals surface area contributed by atoms with Crippen molar-refractivity contribution in [3.8, 4) is 79.0 Å². The molecule has 0 N–H and O–H groups in total. The summed E-state index contributed by atoms with van der Waals surface area (Å²) in [5, 5.41) is 0. The lowest BCUT2D eigenvalue weighted by atomic mass is 9.65. The Morgan fingerprint density at radius 2 is 0.732 bits per heavy atom. The summed E-state index contributed by atoms with van der Waals surface area (Å²) in [4.78, 5) is 15.6. The maximum absolute atomic E-state index is 6.72. The van der Waals surface area contributed by atoms with Crippen LogP contribution in [0.5, 0.6) is 11.5 Å². The van der Waals surface area contributed by atoms with Gasteiger partial charge in [0.2, 0.25) is 0 Å². The molecule has 262 valence electrons. The van der Waals surface area contributed by atoms with E-state index >= 15 is 0 Å². The van der Waals surface area contributed by atoms with E-state index in [-0.39, 0.29) is 0 Å². The van der Waals surface area contributed by atoms with E-state index in [2.05, 4.69) is 164 Å². The Bertz CT molecular complexity index is 2820. The van der Waals surface area contributed by atoms with Crippen molar-refractivity contribution in [3.05, 3.63) is 222 Å². The highest BCUT2D eigenvalue weighted by Crippen LogP contribution is 2.65. The second-order valence-corrected chi connectivity index (χ2v) is 14.3. The van der Waals surface area contributed by atoms with Crippen LogP contribution in [0.2, 0.25) is 0 Å². The van der Waals surface area contributed by atoms with Gasteiger partial charge in [-0.15, -0.1) is 0 Å². The molecule has 0 amide bonds. The molecule has 4 heteroatoms. The topological polar surface area (TPSA) is 47.9 Å². The van der Waals surface area contributed by atoms with Crippen molar-refractivity contribution in [2.75, 3.05) is 0 Å². The van der Waals surface area contributed by atoms with Crippen LogP contribution in [-0.2, 0) is 5.41 Å². The third kappa shape index (κ3) is 4.89. The molecule has 0 saturated carbocycles. The van der Waals surface area contributed by atoms with Gasteiger partial charge in [-0.25, -0.2) is 15.0 Å². The van der Waals surface area contributed by atoms with Gasteiger partial charge in [0.25, 0.3) is 0 Å². The molecule has 1 aliphatic heterocycles. The number of rotatable bonds is 5. The molecule has 0 radical (unpaired) electrons. The van der Waals surface area contributed by atoms with Crippen LogP contribution in [0.15, 0.2) is 200 Å². The van der Waals surface area contributed by atoms with Crippen LogP contribution in [-0.4, -0.2) is 15.0 Å².